The van der Waals surface area contributed by atoms with Crippen molar-refractivity contribution in [3.8, 4) is 0 Å². The lowest BCUT2D eigenvalue weighted by molar-refractivity contribution is 0.698. The molecule has 0 amide bonds. The Morgan fingerprint density at radius 3 is 2.68 bits per heavy atom. The van der Waals surface area contributed by atoms with E-state index in [2.05, 4.69) is 74.7 Å². The van der Waals surface area contributed by atoms with Crippen LogP contribution in [0.25, 0.3) is 0 Å². The van der Waals surface area contributed by atoms with Crippen molar-refractivity contribution in [2.24, 2.45) is 21.8 Å². The highest BCUT2D eigenvalue weighted by Gasteiger charge is 2.24. The highest BCUT2D eigenvalue weighted by atomic mass is 79.9. The van der Waals surface area contributed by atoms with Gasteiger partial charge in [0.1, 0.15) is 0 Å². The normalized spacial score (nSPS) is 28.8. The quantitative estimate of drug-likeness (QED) is 0.602. The molecule has 0 saturated heterocycles. The zero-order valence-corrected chi connectivity index (χ0v) is 16.0. The summed E-state index contributed by atoms with van der Waals surface area (Å²) in [5.74, 6) is 0.830. The molecule has 0 aromatic rings. The van der Waals surface area contributed by atoms with Crippen LogP contribution in [0.2, 0.25) is 0 Å². The number of aliphatic imine (C=N–C) groups is 2. The predicted octanol–water partition coefficient (Wildman–Crippen LogP) is 5.52. The molecule has 2 unspecified atom stereocenters. The van der Waals surface area contributed by atoms with Crippen molar-refractivity contribution in [2.45, 2.75) is 25.7 Å². The molecule has 4 rings (SSSR count). The maximum Gasteiger partial charge on any atom is 0.0492 e. The summed E-state index contributed by atoms with van der Waals surface area (Å²) in [6, 6.07) is 0. The van der Waals surface area contributed by atoms with E-state index in [0.717, 1.165) is 38.8 Å². The summed E-state index contributed by atoms with van der Waals surface area (Å²) in [7, 11) is 0. The smallest absolute Gasteiger partial charge is 0.0492 e. The van der Waals surface area contributed by atoms with E-state index < -0.39 is 0 Å². The standard InChI is InChI=1S/C22H23BrN2/c23-22-7-1-4-16(13-22)19-10-20(17-5-2-8-24-14-17)12-21(11-19)18-6-3-9-25-15-18/h2,5-8,10,12-13,15,17,21H,1,3-4,9,11,14H2. The van der Waals surface area contributed by atoms with E-state index in [1.165, 1.54) is 26.8 Å². The molecule has 0 radical (unpaired) electrons. The highest BCUT2D eigenvalue weighted by Crippen LogP contribution is 2.38. The second-order valence-corrected chi connectivity index (χ2v) is 7.89. The first-order valence-corrected chi connectivity index (χ1v) is 9.94. The SMILES string of the molecule is BrC1=CCCC(C2=CC(C3C=CC=NC3)=CC(C3=CCCN=C3)C2)=C1. The van der Waals surface area contributed by atoms with Crippen molar-refractivity contribution in [1.82, 2.24) is 0 Å². The second-order valence-electron chi connectivity index (χ2n) is 6.98. The largest absolute Gasteiger partial charge is 0.293 e. The number of dihydropyridines is 2. The lowest BCUT2D eigenvalue weighted by atomic mass is 9.78. The topological polar surface area (TPSA) is 24.7 Å². The Hall–Kier alpha value is -1.74. The van der Waals surface area contributed by atoms with Gasteiger partial charge in [0.25, 0.3) is 0 Å². The monoisotopic (exact) mass is 394 g/mol. The van der Waals surface area contributed by atoms with Gasteiger partial charge in [0.15, 0.2) is 0 Å². The number of hydrogen-bond acceptors (Lipinski definition) is 2. The molecule has 2 aliphatic heterocycles. The van der Waals surface area contributed by atoms with Crippen LogP contribution in [-0.4, -0.2) is 25.5 Å². The minimum atomic E-state index is 0.395. The predicted molar refractivity (Wildman–Crippen MR) is 111 cm³/mol. The van der Waals surface area contributed by atoms with Crippen LogP contribution in [0.5, 0.6) is 0 Å². The van der Waals surface area contributed by atoms with Crippen molar-refractivity contribution in [3.05, 3.63) is 69.3 Å². The van der Waals surface area contributed by atoms with Crippen LogP contribution in [0.1, 0.15) is 25.7 Å². The maximum atomic E-state index is 4.51. The fourth-order valence-corrected chi connectivity index (χ4v) is 4.40. The van der Waals surface area contributed by atoms with Gasteiger partial charge in [0.05, 0.1) is 0 Å². The van der Waals surface area contributed by atoms with Gasteiger partial charge in [0.2, 0.25) is 0 Å². The fourth-order valence-electron chi connectivity index (χ4n) is 3.89. The first kappa shape index (κ1) is 16.7. The Balaban J connectivity index is 1.68. The van der Waals surface area contributed by atoms with Crippen LogP contribution in [0.3, 0.4) is 0 Å². The van der Waals surface area contributed by atoms with Crippen LogP contribution >= 0.6 is 15.9 Å². The van der Waals surface area contributed by atoms with E-state index in [0.29, 0.717) is 11.8 Å². The summed E-state index contributed by atoms with van der Waals surface area (Å²) in [5, 5.41) is 0. The lowest BCUT2D eigenvalue weighted by Gasteiger charge is -2.28. The summed E-state index contributed by atoms with van der Waals surface area (Å²) in [6.45, 7) is 1.78. The van der Waals surface area contributed by atoms with Crippen molar-refractivity contribution in [1.29, 1.82) is 0 Å². The number of rotatable bonds is 3. The average Bonchev–Trinajstić information content (AvgIpc) is 2.69. The molecule has 2 aliphatic carbocycles. The third kappa shape index (κ3) is 3.92. The molecule has 0 N–H and O–H groups in total. The minimum absolute atomic E-state index is 0.395. The highest BCUT2D eigenvalue weighted by molar-refractivity contribution is 9.11. The van der Waals surface area contributed by atoms with Crippen LogP contribution in [0, 0.1) is 11.8 Å². The molecular weight excluding hydrogens is 372 g/mol. The Morgan fingerprint density at radius 1 is 0.960 bits per heavy atom. The Kier molecular flexibility index (Phi) is 5.12. The van der Waals surface area contributed by atoms with E-state index in [1.807, 2.05) is 6.21 Å². The summed E-state index contributed by atoms with van der Waals surface area (Å²) < 4.78 is 1.21. The number of hydrogen-bond donors (Lipinski definition) is 0. The number of nitrogens with zero attached hydrogens (tertiary/aromatic N) is 2. The van der Waals surface area contributed by atoms with E-state index in [9.17, 15) is 0 Å². The van der Waals surface area contributed by atoms with Gasteiger partial charge in [0, 0.05) is 41.8 Å². The van der Waals surface area contributed by atoms with Crippen LogP contribution < -0.4 is 0 Å². The van der Waals surface area contributed by atoms with Crippen molar-refractivity contribution >= 4 is 28.4 Å². The number of allylic oxidation sites excluding steroid dienone is 9. The van der Waals surface area contributed by atoms with Crippen molar-refractivity contribution < 1.29 is 0 Å². The van der Waals surface area contributed by atoms with Crippen molar-refractivity contribution in [2.75, 3.05) is 13.1 Å². The molecule has 3 heteroatoms. The van der Waals surface area contributed by atoms with E-state index >= 15 is 0 Å². The molecule has 0 fully saturated rings. The Bertz CT molecular complexity index is 787. The van der Waals surface area contributed by atoms with Gasteiger partial charge < -0.3 is 0 Å². The van der Waals surface area contributed by atoms with E-state index in [-0.39, 0.29) is 0 Å². The number of halogens is 1. The van der Waals surface area contributed by atoms with E-state index in [4.69, 9.17) is 0 Å². The molecule has 25 heavy (non-hydrogen) atoms. The lowest BCUT2D eigenvalue weighted by Crippen LogP contribution is -2.17. The third-order valence-electron chi connectivity index (χ3n) is 5.22. The summed E-state index contributed by atoms with van der Waals surface area (Å²) >= 11 is 3.66. The zero-order valence-electron chi connectivity index (χ0n) is 14.4. The van der Waals surface area contributed by atoms with Crippen LogP contribution in [0.4, 0.5) is 0 Å². The van der Waals surface area contributed by atoms with Crippen LogP contribution in [-0.2, 0) is 0 Å². The molecular formula is C22H23BrN2. The molecule has 128 valence electrons. The third-order valence-corrected chi connectivity index (χ3v) is 5.78. The molecule has 4 aliphatic rings. The van der Waals surface area contributed by atoms with Crippen LogP contribution in [0.15, 0.2) is 79.3 Å². The molecule has 2 nitrogen and oxygen atoms in total. The van der Waals surface area contributed by atoms with E-state index in [1.54, 1.807) is 0 Å². The van der Waals surface area contributed by atoms with Gasteiger partial charge in [-0.05, 0) is 60.1 Å². The fraction of sp³-hybridized carbons (Fsp3) is 0.364. The molecule has 2 heterocycles. The second kappa shape index (κ2) is 7.65. The minimum Gasteiger partial charge on any atom is -0.293 e. The Labute approximate surface area is 158 Å². The van der Waals surface area contributed by atoms with Gasteiger partial charge >= 0.3 is 0 Å². The summed E-state index contributed by atoms with van der Waals surface area (Å²) in [5.41, 5.74) is 5.74. The molecule has 2 atom stereocenters. The van der Waals surface area contributed by atoms with Crippen molar-refractivity contribution in [3.63, 3.8) is 0 Å². The molecule has 0 aromatic heterocycles. The Morgan fingerprint density at radius 2 is 1.92 bits per heavy atom. The molecule has 0 spiro atoms. The molecule has 0 bridgehead atoms. The maximum absolute atomic E-state index is 4.51. The summed E-state index contributed by atoms with van der Waals surface area (Å²) in [4.78, 5) is 8.98. The van der Waals surface area contributed by atoms with Gasteiger partial charge in [-0.3, -0.25) is 9.98 Å². The first-order valence-electron chi connectivity index (χ1n) is 9.15. The summed E-state index contributed by atoms with van der Waals surface area (Å²) in [6.07, 6.45) is 24.5. The van der Waals surface area contributed by atoms with Gasteiger partial charge in [-0.1, -0.05) is 46.3 Å². The average molecular weight is 395 g/mol. The molecule has 0 saturated carbocycles. The molecule has 0 aromatic carbocycles. The first-order chi connectivity index (χ1) is 12.3. The van der Waals surface area contributed by atoms with Gasteiger partial charge in [-0.2, -0.15) is 0 Å². The zero-order chi connectivity index (χ0) is 17.1. The van der Waals surface area contributed by atoms with Gasteiger partial charge in [-0.25, -0.2) is 0 Å². The van der Waals surface area contributed by atoms with Gasteiger partial charge in [-0.15, -0.1) is 0 Å².